The van der Waals surface area contributed by atoms with Crippen LogP contribution in [0.2, 0.25) is 5.02 Å². The summed E-state index contributed by atoms with van der Waals surface area (Å²) in [6.07, 6.45) is -0.347. The molecule has 17 heavy (non-hydrogen) atoms. The van der Waals surface area contributed by atoms with Crippen molar-refractivity contribution >= 4 is 33.5 Å². The molecule has 1 rings (SSSR count). The van der Waals surface area contributed by atoms with Crippen molar-refractivity contribution < 1.29 is 23.4 Å². The number of ether oxygens (including phenoxy) is 1. The summed E-state index contributed by atoms with van der Waals surface area (Å²) in [5, 5.41) is 9.01. The highest BCUT2D eigenvalue weighted by molar-refractivity contribution is 9.08. The van der Waals surface area contributed by atoms with Crippen molar-refractivity contribution in [1.82, 2.24) is 0 Å². The standard InChI is InChI=1S/C10H8BrClF2O3/c11-4-5-1-2-7(17-10(13)14)9(12)6(5)3-8(15)16/h1-2,10H,3-4H2,(H,15,16). The van der Waals surface area contributed by atoms with Gasteiger partial charge >= 0.3 is 12.6 Å². The van der Waals surface area contributed by atoms with Crippen LogP contribution < -0.4 is 4.74 Å². The van der Waals surface area contributed by atoms with E-state index < -0.39 is 12.6 Å². The highest BCUT2D eigenvalue weighted by Gasteiger charge is 2.17. The smallest absolute Gasteiger partial charge is 0.387 e. The van der Waals surface area contributed by atoms with Crippen LogP contribution in [0.15, 0.2) is 12.1 Å². The van der Waals surface area contributed by atoms with E-state index in [1.807, 2.05) is 0 Å². The minimum Gasteiger partial charge on any atom is -0.481 e. The summed E-state index contributed by atoms with van der Waals surface area (Å²) >= 11 is 9.01. The van der Waals surface area contributed by atoms with Gasteiger partial charge in [0.2, 0.25) is 0 Å². The summed E-state index contributed by atoms with van der Waals surface area (Å²) in [4.78, 5) is 10.7. The van der Waals surface area contributed by atoms with Crippen molar-refractivity contribution in [1.29, 1.82) is 0 Å². The lowest BCUT2D eigenvalue weighted by atomic mass is 10.1. The highest BCUT2D eigenvalue weighted by atomic mass is 79.9. The average molecular weight is 330 g/mol. The molecule has 0 unspecified atom stereocenters. The highest BCUT2D eigenvalue weighted by Crippen LogP contribution is 2.33. The molecule has 0 heterocycles. The third-order valence-corrected chi connectivity index (χ3v) is 3.01. The number of carbonyl (C=O) groups is 1. The van der Waals surface area contributed by atoms with E-state index in [0.29, 0.717) is 10.9 Å². The van der Waals surface area contributed by atoms with Crippen LogP contribution >= 0.6 is 27.5 Å². The molecule has 0 saturated carbocycles. The molecule has 0 saturated heterocycles. The minimum absolute atomic E-state index is 0.0929. The number of carboxylic acid groups (broad SMARTS) is 1. The van der Waals surface area contributed by atoms with Gasteiger partial charge in [-0.3, -0.25) is 4.79 Å². The number of hydrogen-bond donors (Lipinski definition) is 1. The van der Waals surface area contributed by atoms with E-state index >= 15 is 0 Å². The average Bonchev–Trinajstić information content (AvgIpc) is 2.23. The van der Waals surface area contributed by atoms with Crippen molar-refractivity contribution in [2.75, 3.05) is 0 Å². The molecule has 7 heteroatoms. The van der Waals surface area contributed by atoms with Crippen LogP contribution in [-0.2, 0) is 16.5 Å². The van der Waals surface area contributed by atoms with Crippen LogP contribution in [0.5, 0.6) is 5.75 Å². The van der Waals surface area contributed by atoms with Gasteiger partial charge in [-0.1, -0.05) is 33.6 Å². The molecule has 0 amide bonds. The third-order valence-electron chi connectivity index (χ3n) is 1.99. The maximum atomic E-state index is 12.1. The molecule has 3 nitrogen and oxygen atoms in total. The van der Waals surface area contributed by atoms with Gasteiger partial charge < -0.3 is 9.84 Å². The first-order valence-electron chi connectivity index (χ1n) is 4.48. The molecule has 94 valence electrons. The predicted molar refractivity (Wildman–Crippen MR) is 62.1 cm³/mol. The zero-order chi connectivity index (χ0) is 13.0. The van der Waals surface area contributed by atoms with E-state index in [2.05, 4.69) is 20.7 Å². The summed E-state index contributed by atoms with van der Waals surface area (Å²) in [6, 6.07) is 2.78. The lowest BCUT2D eigenvalue weighted by Crippen LogP contribution is -2.07. The van der Waals surface area contributed by atoms with Crippen LogP contribution in [0.25, 0.3) is 0 Å². The van der Waals surface area contributed by atoms with Crippen LogP contribution in [0.3, 0.4) is 0 Å². The molecule has 0 fully saturated rings. The van der Waals surface area contributed by atoms with Crippen LogP contribution in [0.4, 0.5) is 8.78 Å². The molecule has 0 bridgehead atoms. The molecule has 1 N–H and O–H groups in total. The fourth-order valence-corrected chi connectivity index (χ4v) is 2.12. The van der Waals surface area contributed by atoms with E-state index in [-0.39, 0.29) is 22.8 Å². The number of benzene rings is 1. The quantitative estimate of drug-likeness (QED) is 0.842. The first-order valence-corrected chi connectivity index (χ1v) is 5.98. The Kier molecular flexibility index (Phi) is 5.14. The van der Waals surface area contributed by atoms with Crippen molar-refractivity contribution in [2.45, 2.75) is 18.4 Å². The Hall–Kier alpha value is -0.880. The summed E-state index contributed by atoms with van der Waals surface area (Å²) in [5.74, 6) is -1.31. The van der Waals surface area contributed by atoms with Gasteiger partial charge in [0.15, 0.2) is 0 Å². The first kappa shape index (κ1) is 14.2. The van der Waals surface area contributed by atoms with Gasteiger partial charge in [0.05, 0.1) is 11.4 Å². The molecular weight excluding hydrogens is 321 g/mol. The fraction of sp³-hybridized carbons (Fsp3) is 0.300. The summed E-state index contributed by atoms with van der Waals surface area (Å²) in [5.41, 5.74) is 0.896. The second-order valence-electron chi connectivity index (χ2n) is 3.10. The van der Waals surface area contributed by atoms with E-state index in [1.54, 1.807) is 0 Å². The molecule has 0 radical (unpaired) electrons. The summed E-state index contributed by atoms with van der Waals surface area (Å²) in [6.45, 7) is -3.00. The fourth-order valence-electron chi connectivity index (χ4n) is 1.29. The molecule has 0 aliphatic carbocycles. The first-order chi connectivity index (χ1) is 7.95. The molecule has 1 aromatic rings. The molecule has 0 aliphatic heterocycles. The van der Waals surface area contributed by atoms with E-state index in [1.165, 1.54) is 12.1 Å². The van der Waals surface area contributed by atoms with Gasteiger partial charge in [-0.25, -0.2) is 0 Å². The number of halogens is 4. The van der Waals surface area contributed by atoms with Crippen molar-refractivity contribution in [3.8, 4) is 5.75 Å². The number of rotatable bonds is 5. The third kappa shape index (κ3) is 3.81. The number of alkyl halides is 3. The molecular formula is C10H8BrClF2O3. The van der Waals surface area contributed by atoms with Gasteiger partial charge in [-0.15, -0.1) is 0 Å². The van der Waals surface area contributed by atoms with Crippen molar-refractivity contribution in [3.05, 3.63) is 28.3 Å². The normalized spacial score (nSPS) is 10.6. The Labute approximate surface area is 109 Å². The van der Waals surface area contributed by atoms with E-state index in [9.17, 15) is 13.6 Å². The molecule has 0 spiro atoms. The summed E-state index contributed by atoms with van der Waals surface area (Å²) in [7, 11) is 0. The maximum Gasteiger partial charge on any atom is 0.387 e. The van der Waals surface area contributed by atoms with E-state index in [0.717, 1.165) is 0 Å². The Morgan fingerprint density at radius 1 is 1.53 bits per heavy atom. The van der Waals surface area contributed by atoms with Crippen LogP contribution in [-0.4, -0.2) is 17.7 Å². The second-order valence-corrected chi connectivity index (χ2v) is 4.04. The minimum atomic E-state index is -3.00. The van der Waals surface area contributed by atoms with Gasteiger partial charge in [0.25, 0.3) is 0 Å². The summed E-state index contributed by atoms with van der Waals surface area (Å²) < 4.78 is 28.3. The lowest BCUT2D eigenvalue weighted by Gasteiger charge is -2.12. The Bertz CT molecular complexity index is 426. The molecule has 0 aliphatic rings. The molecule has 1 aromatic carbocycles. The van der Waals surface area contributed by atoms with Crippen LogP contribution in [0, 0.1) is 0 Å². The Morgan fingerprint density at radius 3 is 2.65 bits per heavy atom. The number of carboxylic acids is 1. The Balaban J connectivity index is 3.17. The van der Waals surface area contributed by atoms with Gasteiger partial charge in [-0.2, -0.15) is 8.78 Å². The molecule has 0 atom stereocenters. The van der Waals surface area contributed by atoms with Gasteiger partial charge in [0, 0.05) is 5.33 Å². The lowest BCUT2D eigenvalue weighted by molar-refractivity contribution is -0.136. The number of aliphatic carboxylic acids is 1. The molecule has 0 aromatic heterocycles. The second kappa shape index (κ2) is 6.16. The van der Waals surface area contributed by atoms with Gasteiger partial charge in [0.1, 0.15) is 5.75 Å². The number of hydrogen-bond acceptors (Lipinski definition) is 2. The maximum absolute atomic E-state index is 12.1. The zero-order valence-corrected chi connectivity index (χ0v) is 10.8. The zero-order valence-electron chi connectivity index (χ0n) is 8.42. The largest absolute Gasteiger partial charge is 0.481 e. The van der Waals surface area contributed by atoms with Crippen LogP contribution in [0.1, 0.15) is 11.1 Å². The monoisotopic (exact) mass is 328 g/mol. The topological polar surface area (TPSA) is 46.5 Å². The SMILES string of the molecule is O=C(O)Cc1c(CBr)ccc(OC(F)F)c1Cl. The van der Waals surface area contributed by atoms with Gasteiger partial charge in [-0.05, 0) is 17.2 Å². The van der Waals surface area contributed by atoms with E-state index in [4.69, 9.17) is 16.7 Å². The Morgan fingerprint density at radius 2 is 2.18 bits per heavy atom. The van der Waals surface area contributed by atoms with Crippen molar-refractivity contribution in [2.24, 2.45) is 0 Å². The predicted octanol–water partition coefficient (Wildman–Crippen LogP) is 3.46. The van der Waals surface area contributed by atoms with Crippen molar-refractivity contribution in [3.63, 3.8) is 0 Å².